The van der Waals surface area contributed by atoms with Crippen LogP contribution in [0.4, 0.5) is 0 Å². The number of benzene rings is 1. The summed E-state index contributed by atoms with van der Waals surface area (Å²) < 4.78 is 24.8. The molecule has 4 heterocycles. The highest BCUT2D eigenvalue weighted by molar-refractivity contribution is 7.91. The second kappa shape index (κ2) is 7.98. The minimum absolute atomic E-state index is 0.0616. The highest BCUT2D eigenvalue weighted by Crippen LogP contribution is 2.36. The van der Waals surface area contributed by atoms with Crippen LogP contribution in [0.15, 0.2) is 29.4 Å². The molecule has 8 nitrogen and oxygen atoms in total. The molecular weight excluding hydrogens is 436 g/mol. The van der Waals surface area contributed by atoms with Crippen LogP contribution in [-0.4, -0.2) is 64.9 Å². The maximum atomic E-state index is 13.5. The smallest absolute Gasteiger partial charge is 0.270 e. The normalized spacial score (nSPS) is 26.3. The number of piperidine rings is 1. The minimum Gasteiger partial charge on any atom is -0.328 e. The molecule has 0 aliphatic carbocycles. The zero-order valence-electron chi connectivity index (χ0n) is 17.1. The number of carbonyl (C=O) groups is 2. The third-order valence-corrected chi connectivity index (χ3v) is 9.11. The number of likely N-dealkylation sites (tertiary alicyclic amines) is 1. The van der Waals surface area contributed by atoms with Gasteiger partial charge in [0.25, 0.3) is 5.91 Å². The number of hydrogen-bond donors (Lipinski definition) is 0. The van der Waals surface area contributed by atoms with E-state index in [0.29, 0.717) is 18.7 Å². The first-order valence-electron chi connectivity index (χ1n) is 10.7. The highest BCUT2D eigenvalue weighted by atomic mass is 32.2. The van der Waals surface area contributed by atoms with E-state index in [2.05, 4.69) is 5.10 Å². The third kappa shape index (κ3) is 3.98. The summed E-state index contributed by atoms with van der Waals surface area (Å²) in [6.07, 6.45) is 3.64. The zero-order chi connectivity index (χ0) is 21.6. The molecule has 10 heteroatoms. The lowest BCUT2D eigenvalue weighted by atomic mass is 10.0. The SMILES string of the molecule is O=C(C1=NN([C@H]2CCS(=O)(=O)C2)C(=O)CC1)N1CCCC[C@@H]1c1nc2ccccc2s1. The van der Waals surface area contributed by atoms with Gasteiger partial charge in [-0.2, -0.15) is 5.10 Å². The van der Waals surface area contributed by atoms with E-state index in [1.807, 2.05) is 29.2 Å². The van der Waals surface area contributed by atoms with Gasteiger partial charge in [0.1, 0.15) is 10.7 Å². The van der Waals surface area contributed by atoms with E-state index in [1.165, 1.54) is 5.01 Å². The van der Waals surface area contributed by atoms with Crippen LogP contribution in [0.5, 0.6) is 0 Å². The Balaban J connectivity index is 1.41. The molecule has 2 fully saturated rings. The number of para-hydroxylation sites is 1. The van der Waals surface area contributed by atoms with Crippen LogP contribution >= 0.6 is 11.3 Å². The molecule has 31 heavy (non-hydrogen) atoms. The van der Waals surface area contributed by atoms with Crippen LogP contribution < -0.4 is 0 Å². The van der Waals surface area contributed by atoms with Crippen molar-refractivity contribution in [3.05, 3.63) is 29.3 Å². The largest absolute Gasteiger partial charge is 0.328 e. The van der Waals surface area contributed by atoms with E-state index >= 15 is 0 Å². The van der Waals surface area contributed by atoms with Gasteiger partial charge in [-0.25, -0.2) is 18.4 Å². The third-order valence-electron chi connectivity index (χ3n) is 6.22. The van der Waals surface area contributed by atoms with Crippen LogP contribution in [0.3, 0.4) is 0 Å². The zero-order valence-corrected chi connectivity index (χ0v) is 18.7. The fourth-order valence-electron chi connectivity index (χ4n) is 4.61. The van der Waals surface area contributed by atoms with E-state index in [0.717, 1.165) is 34.5 Å². The van der Waals surface area contributed by atoms with Gasteiger partial charge in [0.2, 0.25) is 5.91 Å². The van der Waals surface area contributed by atoms with Crippen molar-refractivity contribution in [2.24, 2.45) is 5.10 Å². The van der Waals surface area contributed by atoms with Gasteiger partial charge in [-0.15, -0.1) is 11.3 Å². The van der Waals surface area contributed by atoms with E-state index in [4.69, 9.17) is 4.98 Å². The van der Waals surface area contributed by atoms with Gasteiger partial charge < -0.3 is 4.90 Å². The number of carbonyl (C=O) groups excluding carboxylic acids is 2. The molecule has 0 N–H and O–H groups in total. The average Bonchev–Trinajstić information content (AvgIpc) is 3.36. The fraction of sp³-hybridized carbons (Fsp3) is 0.524. The van der Waals surface area contributed by atoms with Crippen molar-refractivity contribution in [2.75, 3.05) is 18.1 Å². The summed E-state index contributed by atoms with van der Waals surface area (Å²) in [5.74, 6) is -0.393. The molecule has 0 unspecified atom stereocenters. The molecule has 1 aromatic carbocycles. The number of sulfone groups is 1. The van der Waals surface area contributed by atoms with Gasteiger partial charge in [0, 0.05) is 19.4 Å². The van der Waals surface area contributed by atoms with Crippen LogP contribution in [-0.2, 0) is 19.4 Å². The first kappa shape index (κ1) is 20.6. The summed E-state index contributed by atoms with van der Waals surface area (Å²) in [5.41, 5.74) is 1.28. The number of nitrogens with zero attached hydrogens (tertiary/aromatic N) is 4. The highest BCUT2D eigenvalue weighted by Gasteiger charge is 2.39. The van der Waals surface area contributed by atoms with Crippen molar-refractivity contribution in [1.29, 1.82) is 0 Å². The van der Waals surface area contributed by atoms with E-state index < -0.39 is 15.9 Å². The van der Waals surface area contributed by atoms with Crippen LogP contribution in [0.25, 0.3) is 10.2 Å². The van der Waals surface area contributed by atoms with Crippen molar-refractivity contribution in [3.8, 4) is 0 Å². The predicted octanol–water partition coefficient (Wildman–Crippen LogP) is 2.52. The van der Waals surface area contributed by atoms with Crippen LogP contribution in [0.1, 0.15) is 49.6 Å². The quantitative estimate of drug-likeness (QED) is 0.701. The van der Waals surface area contributed by atoms with E-state index in [-0.39, 0.29) is 42.2 Å². The predicted molar refractivity (Wildman–Crippen MR) is 118 cm³/mol. The number of amides is 2. The molecular formula is C21H24N4O4S2. The Hall–Kier alpha value is -2.33. The summed E-state index contributed by atoms with van der Waals surface area (Å²) in [5, 5.41) is 6.58. The molecule has 5 rings (SSSR count). The van der Waals surface area contributed by atoms with Gasteiger partial charge in [-0.1, -0.05) is 12.1 Å². The topological polar surface area (TPSA) is 100 Å². The van der Waals surface area contributed by atoms with Crippen LogP contribution in [0.2, 0.25) is 0 Å². The van der Waals surface area contributed by atoms with Gasteiger partial charge in [-0.3, -0.25) is 9.59 Å². The minimum atomic E-state index is -3.15. The summed E-state index contributed by atoms with van der Waals surface area (Å²) >= 11 is 1.62. The Morgan fingerprint density at radius 1 is 1.13 bits per heavy atom. The molecule has 164 valence electrons. The molecule has 3 aliphatic rings. The lowest BCUT2D eigenvalue weighted by molar-refractivity contribution is -0.134. The number of hydrogen-bond acceptors (Lipinski definition) is 7. The molecule has 0 saturated carbocycles. The van der Waals surface area contributed by atoms with Crippen molar-refractivity contribution < 1.29 is 18.0 Å². The second-order valence-corrected chi connectivity index (χ2v) is 11.7. The molecule has 3 aliphatic heterocycles. The molecule has 0 spiro atoms. The summed E-state index contributed by atoms with van der Waals surface area (Å²) in [6, 6.07) is 7.40. The first-order chi connectivity index (χ1) is 14.9. The van der Waals surface area contributed by atoms with E-state index in [1.54, 1.807) is 11.3 Å². The molecule has 0 bridgehead atoms. The number of fused-ring (bicyclic) bond motifs is 1. The standard InChI is InChI=1S/C21H24N4O4S2/c26-19-9-8-16(23-25(19)14-10-12-31(28,29)13-14)21(27)24-11-4-3-6-17(24)20-22-15-5-1-2-7-18(15)30-20/h1-2,5,7,14,17H,3-4,6,8-13H2/t14-,17+/m0/s1. The fourth-order valence-corrected chi connectivity index (χ4v) is 7.42. The number of rotatable bonds is 3. The lowest BCUT2D eigenvalue weighted by Gasteiger charge is -2.36. The Bertz CT molecular complexity index is 1140. The Morgan fingerprint density at radius 3 is 2.74 bits per heavy atom. The van der Waals surface area contributed by atoms with Gasteiger partial charge in [0.05, 0.1) is 33.8 Å². The molecule has 2 amide bonds. The van der Waals surface area contributed by atoms with E-state index in [9.17, 15) is 18.0 Å². The molecule has 1 aromatic heterocycles. The molecule has 0 radical (unpaired) electrons. The maximum Gasteiger partial charge on any atom is 0.270 e. The summed E-state index contributed by atoms with van der Waals surface area (Å²) in [4.78, 5) is 32.5. The molecule has 2 aromatic rings. The van der Waals surface area contributed by atoms with Crippen molar-refractivity contribution >= 4 is 48.9 Å². The average molecular weight is 461 g/mol. The first-order valence-corrected chi connectivity index (χ1v) is 13.3. The van der Waals surface area contributed by atoms with Gasteiger partial charge in [0.15, 0.2) is 9.84 Å². The Labute approximate surface area is 184 Å². The van der Waals surface area contributed by atoms with Crippen molar-refractivity contribution in [1.82, 2.24) is 14.9 Å². The van der Waals surface area contributed by atoms with Crippen molar-refractivity contribution in [2.45, 2.75) is 50.6 Å². The number of aromatic nitrogens is 1. The second-order valence-electron chi connectivity index (χ2n) is 8.37. The monoisotopic (exact) mass is 460 g/mol. The van der Waals surface area contributed by atoms with Gasteiger partial charge >= 0.3 is 0 Å². The Morgan fingerprint density at radius 2 is 1.97 bits per heavy atom. The lowest BCUT2D eigenvalue weighted by Crippen LogP contribution is -2.47. The molecule has 2 saturated heterocycles. The molecule has 2 atom stereocenters. The van der Waals surface area contributed by atoms with Crippen molar-refractivity contribution in [3.63, 3.8) is 0 Å². The van der Waals surface area contributed by atoms with Gasteiger partial charge in [-0.05, 0) is 37.8 Å². The number of thiazole rings is 1. The number of hydrazone groups is 1. The summed E-state index contributed by atoms with van der Waals surface area (Å²) in [7, 11) is -3.15. The van der Waals surface area contributed by atoms with Crippen LogP contribution in [0, 0.1) is 0 Å². The summed E-state index contributed by atoms with van der Waals surface area (Å²) in [6.45, 7) is 0.629. The maximum absolute atomic E-state index is 13.5. The Kier molecular flexibility index (Phi) is 5.29.